The number of carbonyl (C=O) groups excluding carboxylic acids is 1. The quantitative estimate of drug-likeness (QED) is 0.813. The lowest BCUT2D eigenvalue weighted by Gasteiger charge is -2.11. The molecule has 2 aromatic rings. The lowest BCUT2D eigenvalue weighted by atomic mass is 9.96. The molecule has 1 aromatic carbocycles. The molecule has 1 heterocycles. The third-order valence-electron chi connectivity index (χ3n) is 4.50. The molecule has 0 spiro atoms. The second-order valence-electron chi connectivity index (χ2n) is 6.23. The molecule has 0 unspecified atom stereocenters. The van der Waals surface area contributed by atoms with Crippen LogP contribution in [0.25, 0.3) is 0 Å². The van der Waals surface area contributed by atoms with E-state index < -0.39 is 0 Å². The van der Waals surface area contributed by atoms with Crippen molar-refractivity contribution in [2.75, 3.05) is 0 Å². The van der Waals surface area contributed by atoms with Gasteiger partial charge in [0.25, 0.3) is 0 Å². The van der Waals surface area contributed by atoms with E-state index in [1.807, 2.05) is 42.1 Å². The summed E-state index contributed by atoms with van der Waals surface area (Å²) in [6, 6.07) is 9.78. The van der Waals surface area contributed by atoms with Crippen LogP contribution in [0.15, 0.2) is 30.3 Å². The highest BCUT2D eigenvalue weighted by Crippen LogP contribution is 2.23. The largest absolute Gasteiger partial charge is 0.461 e. The third kappa shape index (κ3) is 4.01. The minimum Gasteiger partial charge on any atom is -0.461 e. The summed E-state index contributed by atoms with van der Waals surface area (Å²) < 4.78 is 7.36. The Bertz CT molecular complexity index is 662. The van der Waals surface area contributed by atoms with Gasteiger partial charge in [0.1, 0.15) is 6.61 Å². The van der Waals surface area contributed by atoms with Crippen molar-refractivity contribution in [2.24, 2.45) is 7.05 Å². The number of aromatic nitrogens is 2. The molecule has 1 aliphatic rings. The van der Waals surface area contributed by atoms with E-state index in [9.17, 15) is 4.79 Å². The van der Waals surface area contributed by atoms with Gasteiger partial charge in [-0.05, 0) is 36.8 Å². The van der Waals surface area contributed by atoms with E-state index in [0.717, 1.165) is 24.1 Å². The molecule has 4 heteroatoms. The SMILES string of the molecule is Cn1nc(CC(=O)OCc2ccccc2)c2c1CCCCCC2. The third-order valence-corrected chi connectivity index (χ3v) is 4.50. The van der Waals surface area contributed by atoms with Crippen molar-refractivity contribution in [3.05, 3.63) is 52.8 Å². The maximum absolute atomic E-state index is 12.2. The van der Waals surface area contributed by atoms with E-state index >= 15 is 0 Å². The molecule has 0 atom stereocenters. The van der Waals surface area contributed by atoms with Gasteiger partial charge in [0, 0.05) is 12.7 Å². The van der Waals surface area contributed by atoms with Gasteiger partial charge in [-0.15, -0.1) is 0 Å². The molecule has 0 fully saturated rings. The highest BCUT2D eigenvalue weighted by atomic mass is 16.5. The summed E-state index contributed by atoms with van der Waals surface area (Å²) in [6.45, 7) is 0.328. The molecule has 23 heavy (non-hydrogen) atoms. The molecule has 3 rings (SSSR count). The zero-order valence-corrected chi connectivity index (χ0v) is 13.8. The van der Waals surface area contributed by atoms with E-state index in [1.165, 1.54) is 36.9 Å². The summed E-state index contributed by atoms with van der Waals surface area (Å²) in [6.07, 6.45) is 7.33. The number of hydrogen-bond acceptors (Lipinski definition) is 3. The fourth-order valence-electron chi connectivity index (χ4n) is 3.28. The molecular formula is C19H24N2O2. The zero-order chi connectivity index (χ0) is 16.1. The average molecular weight is 312 g/mol. The van der Waals surface area contributed by atoms with Crippen LogP contribution in [-0.2, 0) is 42.4 Å². The first-order valence-electron chi connectivity index (χ1n) is 8.47. The van der Waals surface area contributed by atoms with Gasteiger partial charge in [0.05, 0.1) is 12.1 Å². The lowest BCUT2D eigenvalue weighted by molar-refractivity contribution is -0.144. The number of esters is 1. The topological polar surface area (TPSA) is 44.1 Å². The van der Waals surface area contributed by atoms with Crippen molar-refractivity contribution < 1.29 is 9.53 Å². The van der Waals surface area contributed by atoms with E-state index in [-0.39, 0.29) is 12.4 Å². The van der Waals surface area contributed by atoms with Crippen LogP contribution in [0.4, 0.5) is 0 Å². The molecule has 122 valence electrons. The van der Waals surface area contributed by atoms with Crippen molar-refractivity contribution in [1.82, 2.24) is 9.78 Å². The fraction of sp³-hybridized carbons (Fsp3) is 0.474. The van der Waals surface area contributed by atoms with Gasteiger partial charge >= 0.3 is 5.97 Å². The Balaban J connectivity index is 1.65. The lowest BCUT2D eigenvalue weighted by Crippen LogP contribution is -2.10. The predicted octanol–water partition coefficient (Wildman–Crippen LogP) is 3.37. The second kappa shape index (κ2) is 7.44. The number of ether oxygens (including phenoxy) is 1. The van der Waals surface area contributed by atoms with Crippen LogP contribution in [0, 0.1) is 0 Å². The Morgan fingerprint density at radius 3 is 2.65 bits per heavy atom. The first-order chi connectivity index (χ1) is 11.2. The molecule has 1 aromatic heterocycles. The Morgan fingerprint density at radius 2 is 1.87 bits per heavy atom. The van der Waals surface area contributed by atoms with Gasteiger partial charge < -0.3 is 4.74 Å². The number of benzene rings is 1. The van der Waals surface area contributed by atoms with Crippen LogP contribution in [0.1, 0.15) is 48.2 Å². The van der Waals surface area contributed by atoms with Gasteiger partial charge in [-0.3, -0.25) is 9.48 Å². The first kappa shape index (κ1) is 15.8. The van der Waals surface area contributed by atoms with Crippen molar-refractivity contribution in [3.63, 3.8) is 0 Å². The van der Waals surface area contributed by atoms with E-state index in [4.69, 9.17) is 4.74 Å². The van der Waals surface area contributed by atoms with Crippen LogP contribution >= 0.6 is 0 Å². The normalized spacial score (nSPS) is 14.7. The smallest absolute Gasteiger partial charge is 0.312 e. The van der Waals surface area contributed by atoms with Crippen molar-refractivity contribution in [3.8, 4) is 0 Å². The average Bonchev–Trinajstić information content (AvgIpc) is 2.80. The molecule has 0 radical (unpaired) electrons. The Labute approximate surface area is 137 Å². The van der Waals surface area contributed by atoms with E-state index in [0.29, 0.717) is 6.61 Å². The first-order valence-corrected chi connectivity index (χ1v) is 8.47. The summed E-state index contributed by atoms with van der Waals surface area (Å²) in [5.74, 6) is -0.197. The molecule has 0 N–H and O–H groups in total. The van der Waals surface area contributed by atoms with Crippen LogP contribution in [-0.4, -0.2) is 15.7 Å². The number of rotatable bonds is 4. The number of hydrogen-bond donors (Lipinski definition) is 0. The molecule has 4 nitrogen and oxygen atoms in total. The van der Waals surface area contributed by atoms with Gasteiger partial charge in [0.15, 0.2) is 0 Å². The number of aryl methyl sites for hydroxylation is 1. The van der Waals surface area contributed by atoms with Gasteiger partial charge in [-0.2, -0.15) is 5.10 Å². The van der Waals surface area contributed by atoms with Crippen molar-refractivity contribution in [1.29, 1.82) is 0 Å². The summed E-state index contributed by atoms with van der Waals surface area (Å²) in [4.78, 5) is 12.2. The maximum Gasteiger partial charge on any atom is 0.312 e. The predicted molar refractivity (Wildman–Crippen MR) is 89.0 cm³/mol. The Hall–Kier alpha value is -2.10. The molecule has 0 aliphatic heterocycles. The Morgan fingerprint density at radius 1 is 1.13 bits per heavy atom. The summed E-state index contributed by atoms with van der Waals surface area (Å²) in [5.41, 5.74) is 4.50. The van der Waals surface area contributed by atoms with Crippen molar-refractivity contribution in [2.45, 2.75) is 51.6 Å². The molecule has 0 amide bonds. The molecule has 0 saturated heterocycles. The van der Waals surface area contributed by atoms with Crippen LogP contribution in [0.2, 0.25) is 0 Å². The molecule has 0 bridgehead atoms. The summed E-state index contributed by atoms with van der Waals surface area (Å²) in [5, 5.41) is 4.59. The van der Waals surface area contributed by atoms with E-state index in [2.05, 4.69) is 5.10 Å². The summed E-state index contributed by atoms with van der Waals surface area (Å²) >= 11 is 0. The van der Waals surface area contributed by atoms with Gasteiger partial charge in [-0.25, -0.2) is 0 Å². The molecule has 1 aliphatic carbocycles. The van der Waals surface area contributed by atoms with Crippen LogP contribution < -0.4 is 0 Å². The van der Waals surface area contributed by atoms with Gasteiger partial charge in [0.2, 0.25) is 0 Å². The van der Waals surface area contributed by atoms with Crippen LogP contribution in [0.3, 0.4) is 0 Å². The molecule has 0 saturated carbocycles. The summed E-state index contributed by atoms with van der Waals surface area (Å²) in [7, 11) is 1.99. The van der Waals surface area contributed by atoms with E-state index in [1.54, 1.807) is 0 Å². The molecular weight excluding hydrogens is 288 g/mol. The monoisotopic (exact) mass is 312 g/mol. The number of nitrogens with zero attached hydrogens (tertiary/aromatic N) is 2. The Kier molecular flexibility index (Phi) is 5.11. The second-order valence-corrected chi connectivity index (χ2v) is 6.23. The standard InChI is InChI=1S/C19H24N2O2/c1-21-18-12-8-3-2-7-11-16(18)17(20-21)13-19(22)23-14-15-9-5-4-6-10-15/h4-6,9-10H,2-3,7-8,11-14H2,1H3. The number of fused-ring (bicyclic) bond motifs is 1. The minimum absolute atomic E-state index is 0.197. The minimum atomic E-state index is -0.197. The zero-order valence-electron chi connectivity index (χ0n) is 13.8. The number of carbonyl (C=O) groups is 1. The highest BCUT2D eigenvalue weighted by Gasteiger charge is 2.19. The van der Waals surface area contributed by atoms with Crippen molar-refractivity contribution >= 4 is 5.97 Å². The maximum atomic E-state index is 12.2. The van der Waals surface area contributed by atoms with Crippen LogP contribution in [0.5, 0.6) is 0 Å². The fourth-order valence-corrected chi connectivity index (χ4v) is 3.28. The highest BCUT2D eigenvalue weighted by molar-refractivity contribution is 5.72. The van der Waals surface area contributed by atoms with Gasteiger partial charge in [-0.1, -0.05) is 43.2 Å².